The molecule has 2 saturated heterocycles. The number of rotatable bonds is 2. The molecule has 1 amide bonds. The van der Waals surface area contributed by atoms with Gasteiger partial charge in [0.25, 0.3) is 0 Å². The fourth-order valence-corrected chi connectivity index (χ4v) is 3.08. The third-order valence-electron chi connectivity index (χ3n) is 3.91. The molecule has 19 heavy (non-hydrogen) atoms. The van der Waals surface area contributed by atoms with Crippen molar-refractivity contribution >= 4 is 6.09 Å². The van der Waals surface area contributed by atoms with Gasteiger partial charge in [0, 0.05) is 32.5 Å². The van der Waals surface area contributed by atoms with Crippen LogP contribution in [0.1, 0.15) is 18.4 Å². The van der Waals surface area contributed by atoms with E-state index in [0.29, 0.717) is 6.54 Å². The molecule has 1 spiro atoms. The Morgan fingerprint density at radius 2 is 2.16 bits per heavy atom. The van der Waals surface area contributed by atoms with Crippen LogP contribution in [0, 0.1) is 0 Å². The lowest BCUT2D eigenvalue weighted by molar-refractivity contribution is -0.0113. The Bertz CT molecular complexity index is 465. The molecule has 2 aliphatic heterocycles. The smallest absolute Gasteiger partial charge is 0.410 e. The van der Waals surface area contributed by atoms with E-state index in [-0.39, 0.29) is 11.7 Å². The number of likely N-dealkylation sites (N-methyl/N-ethyl adjacent to an activating group) is 1. The van der Waals surface area contributed by atoms with E-state index in [9.17, 15) is 4.79 Å². The van der Waals surface area contributed by atoms with Crippen LogP contribution in [0.3, 0.4) is 0 Å². The van der Waals surface area contributed by atoms with Crippen molar-refractivity contribution in [3.8, 4) is 0 Å². The second-order valence-corrected chi connectivity index (χ2v) is 5.58. The van der Waals surface area contributed by atoms with Crippen LogP contribution in [-0.4, -0.2) is 53.2 Å². The number of piperidine rings is 1. The zero-order valence-corrected chi connectivity index (χ0v) is 11.2. The molecule has 0 saturated carbocycles. The lowest BCUT2D eigenvalue weighted by Gasteiger charge is -2.38. The van der Waals surface area contributed by atoms with Gasteiger partial charge in [-0.05, 0) is 37.1 Å². The molecular formula is C14H19N3O2. The van der Waals surface area contributed by atoms with Crippen molar-refractivity contribution < 1.29 is 9.53 Å². The average molecular weight is 261 g/mol. The third-order valence-corrected chi connectivity index (χ3v) is 3.91. The number of hydrogen-bond acceptors (Lipinski definition) is 4. The molecule has 0 bridgehead atoms. The minimum atomic E-state index is -0.295. The summed E-state index contributed by atoms with van der Waals surface area (Å²) in [6.07, 6.45) is 5.49. The highest BCUT2D eigenvalue weighted by Gasteiger charge is 2.46. The number of ether oxygens (including phenoxy) is 1. The molecule has 5 heteroatoms. The largest absolute Gasteiger partial charge is 0.440 e. The molecule has 2 fully saturated rings. The zero-order chi connectivity index (χ0) is 13.3. The molecule has 1 aromatic heterocycles. The average Bonchev–Trinajstić information content (AvgIpc) is 2.65. The topological polar surface area (TPSA) is 45.7 Å². The van der Waals surface area contributed by atoms with Gasteiger partial charge in [-0.3, -0.25) is 9.88 Å². The Labute approximate surface area is 113 Å². The molecule has 2 aliphatic rings. The van der Waals surface area contributed by atoms with E-state index in [1.54, 1.807) is 11.9 Å². The van der Waals surface area contributed by atoms with Crippen LogP contribution in [-0.2, 0) is 11.3 Å². The van der Waals surface area contributed by atoms with Crippen molar-refractivity contribution in [3.05, 3.63) is 30.1 Å². The summed E-state index contributed by atoms with van der Waals surface area (Å²) in [6.45, 7) is 3.49. The highest BCUT2D eigenvalue weighted by Crippen LogP contribution is 2.31. The van der Waals surface area contributed by atoms with Crippen molar-refractivity contribution in [2.45, 2.75) is 25.0 Å². The van der Waals surface area contributed by atoms with Crippen molar-refractivity contribution in [2.75, 3.05) is 26.7 Å². The van der Waals surface area contributed by atoms with Crippen LogP contribution in [0.25, 0.3) is 0 Å². The van der Waals surface area contributed by atoms with Gasteiger partial charge in [0.15, 0.2) is 0 Å². The second-order valence-electron chi connectivity index (χ2n) is 5.58. The molecule has 0 N–H and O–H groups in total. The Morgan fingerprint density at radius 3 is 2.84 bits per heavy atom. The first-order valence-corrected chi connectivity index (χ1v) is 6.72. The van der Waals surface area contributed by atoms with E-state index in [1.165, 1.54) is 5.56 Å². The van der Waals surface area contributed by atoms with Gasteiger partial charge in [-0.25, -0.2) is 4.79 Å². The van der Waals surface area contributed by atoms with Crippen molar-refractivity contribution in [2.24, 2.45) is 0 Å². The fraction of sp³-hybridized carbons (Fsp3) is 0.571. The van der Waals surface area contributed by atoms with Gasteiger partial charge in [-0.2, -0.15) is 0 Å². The van der Waals surface area contributed by atoms with Crippen LogP contribution in [0.4, 0.5) is 4.79 Å². The summed E-state index contributed by atoms with van der Waals surface area (Å²) < 4.78 is 5.60. The highest BCUT2D eigenvalue weighted by atomic mass is 16.6. The standard InChI is InChI=1S/C14H19N3O2/c1-16-10-14(19-13(16)18)5-2-8-17(11-14)9-12-3-6-15-7-4-12/h3-4,6-7H,2,5,8-11H2,1H3/t14-/m0/s1. The maximum absolute atomic E-state index is 11.6. The molecule has 0 radical (unpaired) electrons. The van der Waals surface area contributed by atoms with Crippen LogP contribution >= 0.6 is 0 Å². The summed E-state index contributed by atoms with van der Waals surface area (Å²) in [4.78, 5) is 19.7. The number of nitrogens with zero attached hydrogens (tertiary/aromatic N) is 3. The maximum atomic E-state index is 11.6. The van der Waals surface area contributed by atoms with Gasteiger partial charge in [0.05, 0.1) is 6.54 Å². The van der Waals surface area contributed by atoms with E-state index in [1.807, 2.05) is 24.5 Å². The molecule has 1 aromatic rings. The van der Waals surface area contributed by atoms with Gasteiger partial charge in [-0.15, -0.1) is 0 Å². The first-order valence-electron chi connectivity index (χ1n) is 6.72. The van der Waals surface area contributed by atoms with Gasteiger partial charge in [-0.1, -0.05) is 0 Å². The number of hydrogen-bond donors (Lipinski definition) is 0. The Morgan fingerprint density at radius 1 is 1.37 bits per heavy atom. The summed E-state index contributed by atoms with van der Waals surface area (Å²) in [5, 5.41) is 0. The molecule has 5 nitrogen and oxygen atoms in total. The van der Waals surface area contributed by atoms with Gasteiger partial charge in [0.2, 0.25) is 0 Å². The maximum Gasteiger partial charge on any atom is 0.410 e. The number of pyridine rings is 1. The first kappa shape index (κ1) is 12.4. The predicted molar refractivity (Wildman–Crippen MR) is 70.6 cm³/mol. The second kappa shape index (κ2) is 4.81. The monoisotopic (exact) mass is 261 g/mol. The minimum Gasteiger partial charge on any atom is -0.440 e. The number of aromatic nitrogens is 1. The summed E-state index contributed by atoms with van der Waals surface area (Å²) in [6, 6.07) is 4.07. The first-order chi connectivity index (χ1) is 9.17. The number of likely N-dealkylation sites (tertiary alicyclic amines) is 1. The third kappa shape index (κ3) is 2.56. The number of carbonyl (C=O) groups excluding carboxylic acids is 1. The molecule has 0 unspecified atom stereocenters. The molecule has 3 rings (SSSR count). The predicted octanol–water partition coefficient (Wildman–Crippen LogP) is 1.50. The van der Waals surface area contributed by atoms with Crippen molar-refractivity contribution in [1.82, 2.24) is 14.8 Å². The van der Waals surface area contributed by atoms with Crippen LogP contribution in [0.15, 0.2) is 24.5 Å². The van der Waals surface area contributed by atoms with Crippen molar-refractivity contribution in [3.63, 3.8) is 0 Å². The fourth-order valence-electron chi connectivity index (χ4n) is 3.08. The minimum absolute atomic E-state index is 0.189. The normalized spacial score (nSPS) is 27.8. The van der Waals surface area contributed by atoms with Crippen LogP contribution in [0.5, 0.6) is 0 Å². The van der Waals surface area contributed by atoms with E-state index < -0.39 is 0 Å². The Hall–Kier alpha value is -1.62. The van der Waals surface area contributed by atoms with Crippen LogP contribution < -0.4 is 0 Å². The number of carbonyl (C=O) groups is 1. The van der Waals surface area contributed by atoms with Gasteiger partial charge < -0.3 is 9.64 Å². The Kier molecular flexibility index (Phi) is 3.14. The van der Waals surface area contributed by atoms with Crippen LogP contribution in [0.2, 0.25) is 0 Å². The lowest BCUT2D eigenvalue weighted by atomic mass is 9.92. The summed E-state index contributed by atoms with van der Waals surface area (Å²) in [7, 11) is 1.80. The van der Waals surface area contributed by atoms with Crippen molar-refractivity contribution in [1.29, 1.82) is 0 Å². The van der Waals surface area contributed by atoms with Gasteiger partial charge >= 0.3 is 6.09 Å². The molecule has 102 valence electrons. The molecule has 1 atom stereocenters. The molecule has 3 heterocycles. The Balaban J connectivity index is 1.67. The SMILES string of the molecule is CN1C[C@]2(CCCN(Cc3ccncc3)C2)OC1=O. The number of amides is 1. The zero-order valence-electron chi connectivity index (χ0n) is 11.2. The quantitative estimate of drug-likeness (QED) is 0.809. The molecule has 0 aliphatic carbocycles. The molecule has 0 aromatic carbocycles. The van der Waals surface area contributed by atoms with E-state index >= 15 is 0 Å². The lowest BCUT2D eigenvalue weighted by Crippen LogP contribution is -2.50. The van der Waals surface area contributed by atoms with E-state index in [4.69, 9.17) is 4.74 Å². The summed E-state index contributed by atoms with van der Waals surface area (Å²) in [5.74, 6) is 0. The van der Waals surface area contributed by atoms with E-state index in [2.05, 4.69) is 9.88 Å². The summed E-state index contributed by atoms with van der Waals surface area (Å²) in [5.41, 5.74) is 0.960. The van der Waals surface area contributed by atoms with Gasteiger partial charge in [0.1, 0.15) is 5.60 Å². The highest BCUT2D eigenvalue weighted by molar-refractivity contribution is 5.70. The summed E-state index contributed by atoms with van der Waals surface area (Å²) >= 11 is 0. The van der Waals surface area contributed by atoms with E-state index in [0.717, 1.165) is 32.5 Å². The molecular weight excluding hydrogens is 242 g/mol.